The normalized spacial score (nSPS) is 16.3. The van der Waals surface area contributed by atoms with Gasteiger partial charge in [0.2, 0.25) is 5.78 Å². The van der Waals surface area contributed by atoms with Crippen LogP contribution in [0.25, 0.3) is 5.78 Å². The zero-order valence-electron chi connectivity index (χ0n) is 13.6. The van der Waals surface area contributed by atoms with Crippen molar-refractivity contribution in [2.24, 2.45) is 0 Å². The number of nitrogens with one attached hydrogen (secondary N) is 1. The summed E-state index contributed by atoms with van der Waals surface area (Å²) in [6, 6.07) is 2.69. The van der Waals surface area contributed by atoms with Gasteiger partial charge in [0, 0.05) is 43.3 Å². The Morgan fingerprint density at radius 2 is 2.00 bits per heavy atom. The molecule has 7 nitrogen and oxygen atoms in total. The van der Waals surface area contributed by atoms with E-state index in [1.807, 2.05) is 0 Å². The van der Waals surface area contributed by atoms with Crippen LogP contribution >= 0.6 is 0 Å². The van der Waals surface area contributed by atoms with Crippen LogP contribution in [0.4, 0.5) is 13.2 Å². The summed E-state index contributed by atoms with van der Waals surface area (Å²) in [5.74, 6) is -0.230. The highest BCUT2D eigenvalue weighted by Gasteiger charge is 2.35. The number of hydrogen-bond donors (Lipinski definition) is 1. The third-order valence-corrected chi connectivity index (χ3v) is 4.63. The van der Waals surface area contributed by atoms with E-state index in [0.717, 1.165) is 6.07 Å². The lowest BCUT2D eigenvalue weighted by Crippen LogP contribution is -2.38. The molecule has 1 N–H and O–H groups in total. The van der Waals surface area contributed by atoms with Crippen molar-refractivity contribution in [3.63, 3.8) is 0 Å². The minimum Gasteiger partial charge on any atom is -0.337 e. The van der Waals surface area contributed by atoms with Gasteiger partial charge in [0.15, 0.2) is 0 Å². The van der Waals surface area contributed by atoms with Crippen molar-refractivity contribution in [3.8, 4) is 0 Å². The summed E-state index contributed by atoms with van der Waals surface area (Å²) in [7, 11) is 0. The molecule has 136 valence electrons. The average molecular weight is 364 g/mol. The summed E-state index contributed by atoms with van der Waals surface area (Å²) in [6.45, 7) is 0.921. The summed E-state index contributed by atoms with van der Waals surface area (Å²) in [5, 5.41) is 6.40. The van der Waals surface area contributed by atoms with E-state index in [1.54, 1.807) is 21.6 Å². The van der Waals surface area contributed by atoms with Crippen molar-refractivity contribution in [2.45, 2.75) is 24.9 Å². The van der Waals surface area contributed by atoms with Crippen LogP contribution in [0.3, 0.4) is 0 Å². The molecule has 3 aromatic heterocycles. The van der Waals surface area contributed by atoms with Gasteiger partial charge in [-0.05, 0) is 25.0 Å². The highest BCUT2D eigenvalue weighted by molar-refractivity contribution is 5.92. The van der Waals surface area contributed by atoms with Crippen molar-refractivity contribution in [1.29, 1.82) is 0 Å². The van der Waals surface area contributed by atoms with Gasteiger partial charge in [-0.3, -0.25) is 14.3 Å². The lowest BCUT2D eigenvalue weighted by atomic mass is 9.92. The van der Waals surface area contributed by atoms with Crippen LogP contribution in [0.1, 0.15) is 40.6 Å². The number of halogens is 3. The summed E-state index contributed by atoms with van der Waals surface area (Å²) in [4.78, 5) is 21.5. The Labute approximate surface area is 145 Å². The number of hydrogen-bond acceptors (Lipinski definition) is 4. The SMILES string of the molecule is O=C(c1ccn[nH]1)N1CCC(c2cc(C(F)(F)F)nc3nccn23)CC1. The molecule has 0 radical (unpaired) electrons. The number of nitrogens with zero attached hydrogens (tertiary/aromatic N) is 5. The molecular weight excluding hydrogens is 349 g/mol. The summed E-state index contributed by atoms with van der Waals surface area (Å²) in [6.07, 6.45) is 1.15. The Hall–Kier alpha value is -2.91. The van der Waals surface area contributed by atoms with E-state index in [2.05, 4.69) is 20.2 Å². The monoisotopic (exact) mass is 364 g/mol. The second-order valence-corrected chi connectivity index (χ2v) is 6.20. The Morgan fingerprint density at radius 1 is 1.23 bits per heavy atom. The smallest absolute Gasteiger partial charge is 0.337 e. The number of piperidine rings is 1. The van der Waals surface area contributed by atoms with Crippen molar-refractivity contribution in [1.82, 2.24) is 29.5 Å². The maximum atomic E-state index is 13.1. The fourth-order valence-electron chi connectivity index (χ4n) is 3.31. The lowest BCUT2D eigenvalue weighted by Gasteiger charge is -2.32. The zero-order chi connectivity index (χ0) is 18.3. The Bertz CT molecular complexity index is 925. The number of aromatic nitrogens is 5. The number of alkyl halides is 3. The van der Waals surface area contributed by atoms with Crippen molar-refractivity contribution in [3.05, 3.63) is 47.8 Å². The topological polar surface area (TPSA) is 79.2 Å². The number of amides is 1. The number of carbonyl (C=O) groups excluding carboxylic acids is 1. The van der Waals surface area contributed by atoms with Gasteiger partial charge in [0.05, 0.1) is 0 Å². The number of fused-ring (bicyclic) bond motifs is 1. The van der Waals surface area contributed by atoms with Crippen molar-refractivity contribution < 1.29 is 18.0 Å². The quantitative estimate of drug-likeness (QED) is 0.758. The van der Waals surface area contributed by atoms with Crippen LogP contribution in [0.15, 0.2) is 30.7 Å². The van der Waals surface area contributed by atoms with Gasteiger partial charge in [-0.2, -0.15) is 18.3 Å². The maximum absolute atomic E-state index is 13.1. The number of aromatic amines is 1. The van der Waals surface area contributed by atoms with Gasteiger partial charge in [-0.25, -0.2) is 9.97 Å². The van der Waals surface area contributed by atoms with Crippen LogP contribution in [-0.2, 0) is 6.18 Å². The van der Waals surface area contributed by atoms with Gasteiger partial charge < -0.3 is 4.90 Å². The van der Waals surface area contributed by atoms with Gasteiger partial charge in [0.25, 0.3) is 5.91 Å². The largest absolute Gasteiger partial charge is 0.433 e. The predicted molar refractivity (Wildman–Crippen MR) is 84.5 cm³/mol. The molecule has 10 heteroatoms. The van der Waals surface area contributed by atoms with E-state index in [4.69, 9.17) is 0 Å². The van der Waals surface area contributed by atoms with Crippen molar-refractivity contribution >= 4 is 11.7 Å². The van der Waals surface area contributed by atoms with E-state index in [-0.39, 0.29) is 17.6 Å². The summed E-state index contributed by atoms with van der Waals surface area (Å²) >= 11 is 0. The molecule has 0 bridgehead atoms. The number of carbonyl (C=O) groups is 1. The highest BCUT2D eigenvalue weighted by Crippen LogP contribution is 2.33. The first-order valence-corrected chi connectivity index (χ1v) is 8.13. The van der Waals surface area contributed by atoms with Crippen LogP contribution in [0.2, 0.25) is 0 Å². The van der Waals surface area contributed by atoms with Crippen LogP contribution in [0.5, 0.6) is 0 Å². The highest BCUT2D eigenvalue weighted by atomic mass is 19.4. The predicted octanol–water partition coefficient (Wildman–Crippen LogP) is 2.49. The first-order chi connectivity index (χ1) is 12.4. The Kier molecular flexibility index (Phi) is 3.89. The fraction of sp³-hybridized carbons (Fsp3) is 0.375. The molecule has 0 atom stereocenters. The summed E-state index contributed by atoms with van der Waals surface area (Å²) in [5.41, 5.74) is -0.0145. The standard InChI is InChI=1S/C16H15F3N6O/c17-16(18,19)13-9-12(25-8-5-20-15(25)22-13)10-2-6-24(7-3-10)14(26)11-1-4-21-23-11/h1,4-5,8-10H,2-3,6-7H2,(H,21,23). The zero-order valence-corrected chi connectivity index (χ0v) is 13.6. The third-order valence-electron chi connectivity index (χ3n) is 4.63. The van der Waals surface area contributed by atoms with E-state index >= 15 is 0 Å². The number of H-pyrrole nitrogens is 1. The average Bonchev–Trinajstić information content (AvgIpc) is 3.31. The van der Waals surface area contributed by atoms with Gasteiger partial charge in [0.1, 0.15) is 11.4 Å². The molecule has 1 amide bonds. The molecule has 4 rings (SSSR count). The second kappa shape index (κ2) is 6.11. The van der Waals surface area contributed by atoms with Crippen molar-refractivity contribution in [2.75, 3.05) is 13.1 Å². The minimum atomic E-state index is -4.53. The van der Waals surface area contributed by atoms with E-state index in [0.29, 0.717) is 37.3 Å². The number of likely N-dealkylation sites (tertiary alicyclic amines) is 1. The number of imidazole rings is 1. The molecule has 4 heterocycles. The molecule has 1 saturated heterocycles. The first kappa shape index (κ1) is 16.6. The molecule has 26 heavy (non-hydrogen) atoms. The molecule has 3 aromatic rings. The molecule has 0 spiro atoms. The van der Waals surface area contributed by atoms with E-state index < -0.39 is 11.9 Å². The maximum Gasteiger partial charge on any atom is 0.433 e. The second-order valence-electron chi connectivity index (χ2n) is 6.20. The minimum absolute atomic E-state index is 0.0331. The van der Waals surface area contributed by atoms with Crippen LogP contribution in [-0.4, -0.2) is 48.5 Å². The molecule has 0 aromatic carbocycles. The van der Waals surface area contributed by atoms with Gasteiger partial charge in [-0.15, -0.1) is 0 Å². The van der Waals surface area contributed by atoms with Gasteiger partial charge >= 0.3 is 6.18 Å². The molecule has 0 saturated carbocycles. The fourth-order valence-corrected chi connectivity index (χ4v) is 3.31. The molecule has 0 aliphatic carbocycles. The molecular formula is C16H15F3N6O. The molecule has 1 aliphatic rings. The molecule has 1 aliphatic heterocycles. The van der Waals surface area contributed by atoms with E-state index in [9.17, 15) is 18.0 Å². The van der Waals surface area contributed by atoms with Crippen LogP contribution < -0.4 is 0 Å². The number of rotatable bonds is 2. The van der Waals surface area contributed by atoms with Crippen LogP contribution in [0, 0.1) is 0 Å². The Balaban J connectivity index is 1.58. The lowest BCUT2D eigenvalue weighted by molar-refractivity contribution is -0.141. The first-order valence-electron chi connectivity index (χ1n) is 8.13. The Morgan fingerprint density at radius 3 is 2.65 bits per heavy atom. The van der Waals surface area contributed by atoms with Gasteiger partial charge in [-0.1, -0.05) is 0 Å². The van der Waals surface area contributed by atoms with E-state index in [1.165, 1.54) is 12.4 Å². The summed E-state index contributed by atoms with van der Waals surface area (Å²) < 4.78 is 41.0. The third kappa shape index (κ3) is 2.91. The molecule has 1 fully saturated rings. The molecule has 0 unspecified atom stereocenters.